The molecule has 2 aromatic rings. The number of hydrogen-bond donors (Lipinski definition) is 1. The fourth-order valence-electron chi connectivity index (χ4n) is 3.79. The van der Waals surface area contributed by atoms with Crippen molar-refractivity contribution in [2.24, 2.45) is 5.92 Å². The van der Waals surface area contributed by atoms with Crippen molar-refractivity contribution in [2.45, 2.75) is 38.8 Å². The van der Waals surface area contributed by atoms with Crippen LogP contribution in [0.5, 0.6) is 11.5 Å². The Hall–Kier alpha value is -2.12. The Kier molecular flexibility index (Phi) is 7.28. The summed E-state index contributed by atoms with van der Waals surface area (Å²) in [4.78, 5) is 19.0. The molecular formula is C21H29N3O3S. The molecule has 0 saturated carbocycles. The van der Waals surface area contributed by atoms with Gasteiger partial charge in [-0.25, -0.2) is 4.98 Å². The molecule has 1 aliphatic heterocycles. The third-order valence-corrected chi connectivity index (χ3v) is 6.08. The van der Waals surface area contributed by atoms with E-state index in [-0.39, 0.29) is 11.9 Å². The van der Waals surface area contributed by atoms with Crippen LogP contribution in [0, 0.1) is 5.92 Å². The molecule has 1 saturated heterocycles. The summed E-state index contributed by atoms with van der Waals surface area (Å²) >= 11 is 1.62. The SMILES string of the molecule is CCC(=O)NC(c1nccs1)C1CCCN(Cc2ccc(OC)c(OC)c2)C1. The van der Waals surface area contributed by atoms with Gasteiger partial charge >= 0.3 is 0 Å². The van der Waals surface area contributed by atoms with E-state index in [0.717, 1.165) is 49.0 Å². The maximum absolute atomic E-state index is 12.1. The molecule has 7 heteroatoms. The average molecular weight is 404 g/mol. The highest BCUT2D eigenvalue weighted by Gasteiger charge is 2.31. The zero-order valence-electron chi connectivity index (χ0n) is 16.8. The summed E-state index contributed by atoms with van der Waals surface area (Å²) in [7, 11) is 3.31. The second-order valence-corrected chi connectivity index (χ2v) is 8.02. The summed E-state index contributed by atoms with van der Waals surface area (Å²) in [5.41, 5.74) is 1.20. The number of ether oxygens (including phenoxy) is 2. The molecule has 0 aliphatic carbocycles. The van der Waals surface area contributed by atoms with Crippen LogP contribution in [0.15, 0.2) is 29.8 Å². The second kappa shape index (κ2) is 9.89. The molecule has 2 unspecified atom stereocenters. The fraction of sp³-hybridized carbons (Fsp3) is 0.524. The molecule has 0 spiro atoms. The molecule has 152 valence electrons. The van der Waals surface area contributed by atoms with E-state index in [1.807, 2.05) is 30.6 Å². The Labute approximate surface area is 170 Å². The van der Waals surface area contributed by atoms with Gasteiger partial charge in [0.15, 0.2) is 11.5 Å². The van der Waals surface area contributed by atoms with E-state index in [1.165, 1.54) is 5.56 Å². The minimum atomic E-state index is -0.0133. The van der Waals surface area contributed by atoms with Crippen LogP contribution in [0.25, 0.3) is 0 Å². The van der Waals surface area contributed by atoms with Crippen molar-refractivity contribution < 1.29 is 14.3 Å². The Morgan fingerprint density at radius 1 is 1.36 bits per heavy atom. The molecular weight excluding hydrogens is 374 g/mol. The topological polar surface area (TPSA) is 63.7 Å². The summed E-state index contributed by atoms with van der Waals surface area (Å²) < 4.78 is 10.8. The Morgan fingerprint density at radius 2 is 2.18 bits per heavy atom. The third-order valence-electron chi connectivity index (χ3n) is 5.22. The first-order valence-electron chi connectivity index (χ1n) is 9.76. The predicted octanol–water partition coefficient (Wildman–Crippen LogP) is 3.64. The van der Waals surface area contributed by atoms with Crippen LogP contribution in [0.2, 0.25) is 0 Å². The van der Waals surface area contributed by atoms with Gasteiger partial charge in [-0.15, -0.1) is 11.3 Å². The number of nitrogens with one attached hydrogen (secondary N) is 1. The van der Waals surface area contributed by atoms with Crippen LogP contribution in [0.1, 0.15) is 42.8 Å². The molecule has 3 rings (SSSR count). The summed E-state index contributed by atoms with van der Waals surface area (Å²) in [5, 5.41) is 6.18. The first-order valence-corrected chi connectivity index (χ1v) is 10.6. The normalized spacial score (nSPS) is 18.5. The summed E-state index contributed by atoms with van der Waals surface area (Å²) in [6, 6.07) is 6.07. The highest BCUT2D eigenvalue weighted by molar-refractivity contribution is 7.09. The maximum atomic E-state index is 12.1. The van der Waals surface area contributed by atoms with Crippen molar-refractivity contribution in [2.75, 3.05) is 27.3 Å². The first-order chi connectivity index (χ1) is 13.6. The number of piperidine rings is 1. The lowest BCUT2D eigenvalue weighted by Gasteiger charge is -2.36. The van der Waals surface area contributed by atoms with Gasteiger partial charge in [-0.1, -0.05) is 13.0 Å². The van der Waals surface area contributed by atoms with Crippen LogP contribution in [0.4, 0.5) is 0 Å². The van der Waals surface area contributed by atoms with Gasteiger partial charge in [-0.05, 0) is 43.0 Å². The van der Waals surface area contributed by atoms with Crippen molar-refractivity contribution in [3.63, 3.8) is 0 Å². The molecule has 28 heavy (non-hydrogen) atoms. The quantitative estimate of drug-likeness (QED) is 0.729. The number of amides is 1. The number of carbonyl (C=O) groups excluding carboxylic acids is 1. The van der Waals surface area contributed by atoms with Crippen LogP contribution in [0.3, 0.4) is 0 Å². The monoisotopic (exact) mass is 403 g/mol. The van der Waals surface area contributed by atoms with Gasteiger partial charge in [-0.3, -0.25) is 9.69 Å². The Balaban J connectivity index is 1.71. The Bertz CT molecular complexity index is 766. The van der Waals surface area contributed by atoms with Gasteiger partial charge < -0.3 is 14.8 Å². The Morgan fingerprint density at radius 3 is 2.86 bits per heavy atom. The molecule has 6 nitrogen and oxygen atoms in total. The maximum Gasteiger partial charge on any atom is 0.220 e. The van der Waals surface area contributed by atoms with Crippen molar-refractivity contribution in [3.05, 3.63) is 40.3 Å². The number of thiazole rings is 1. The molecule has 1 fully saturated rings. The number of nitrogens with zero attached hydrogens (tertiary/aromatic N) is 2. The number of likely N-dealkylation sites (tertiary alicyclic amines) is 1. The summed E-state index contributed by atoms with van der Waals surface area (Å²) in [5.74, 6) is 1.94. The van der Waals surface area contributed by atoms with Gasteiger partial charge in [0.1, 0.15) is 5.01 Å². The minimum Gasteiger partial charge on any atom is -0.493 e. The number of hydrogen-bond acceptors (Lipinski definition) is 6. The summed E-state index contributed by atoms with van der Waals surface area (Å²) in [6.45, 7) is 4.72. The minimum absolute atomic E-state index is 0.0133. The first kappa shape index (κ1) is 20.6. The van der Waals surface area contributed by atoms with E-state index in [4.69, 9.17) is 9.47 Å². The smallest absolute Gasteiger partial charge is 0.220 e. The number of methoxy groups -OCH3 is 2. The molecule has 2 heterocycles. The van der Waals surface area contributed by atoms with E-state index in [0.29, 0.717) is 12.3 Å². The van der Waals surface area contributed by atoms with E-state index < -0.39 is 0 Å². The number of benzene rings is 1. The average Bonchev–Trinajstić information content (AvgIpc) is 3.26. The van der Waals surface area contributed by atoms with Crippen molar-refractivity contribution in [1.82, 2.24) is 15.2 Å². The van der Waals surface area contributed by atoms with Crippen molar-refractivity contribution in [3.8, 4) is 11.5 Å². The van der Waals surface area contributed by atoms with Gasteiger partial charge in [0.2, 0.25) is 5.91 Å². The van der Waals surface area contributed by atoms with Gasteiger partial charge in [0.25, 0.3) is 0 Å². The molecule has 0 radical (unpaired) electrons. The van der Waals surface area contributed by atoms with E-state index in [1.54, 1.807) is 25.6 Å². The molecule has 1 aromatic carbocycles. The van der Waals surface area contributed by atoms with Crippen LogP contribution < -0.4 is 14.8 Å². The number of rotatable bonds is 8. The molecule has 0 bridgehead atoms. The van der Waals surface area contributed by atoms with Crippen LogP contribution >= 0.6 is 11.3 Å². The molecule has 1 aliphatic rings. The summed E-state index contributed by atoms with van der Waals surface area (Å²) in [6.07, 6.45) is 4.51. The van der Waals surface area contributed by atoms with E-state index >= 15 is 0 Å². The molecule has 1 N–H and O–H groups in total. The van der Waals surface area contributed by atoms with Crippen LogP contribution in [-0.2, 0) is 11.3 Å². The molecule has 1 aromatic heterocycles. The predicted molar refractivity (Wildman–Crippen MR) is 111 cm³/mol. The fourth-order valence-corrected chi connectivity index (χ4v) is 4.57. The van der Waals surface area contributed by atoms with Crippen molar-refractivity contribution >= 4 is 17.2 Å². The highest BCUT2D eigenvalue weighted by Crippen LogP contribution is 2.33. The lowest BCUT2D eigenvalue weighted by atomic mass is 9.90. The number of aromatic nitrogens is 1. The third kappa shape index (κ3) is 5.02. The van der Waals surface area contributed by atoms with Crippen molar-refractivity contribution in [1.29, 1.82) is 0 Å². The number of carbonyl (C=O) groups is 1. The molecule has 1 amide bonds. The largest absolute Gasteiger partial charge is 0.493 e. The second-order valence-electron chi connectivity index (χ2n) is 7.10. The van der Waals surface area contributed by atoms with Gasteiger partial charge in [0.05, 0.1) is 20.3 Å². The zero-order valence-corrected chi connectivity index (χ0v) is 17.6. The zero-order chi connectivity index (χ0) is 19.9. The highest BCUT2D eigenvalue weighted by atomic mass is 32.1. The lowest BCUT2D eigenvalue weighted by Crippen LogP contribution is -2.42. The standard InChI is InChI=1S/C21H29N3O3S/c1-4-19(25)23-20(21-22-9-11-28-21)16-6-5-10-24(14-16)13-15-7-8-17(26-2)18(12-15)27-3/h7-9,11-12,16,20H,4-6,10,13-14H2,1-3H3,(H,23,25). The van der Waals surface area contributed by atoms with E-state index in [2.05, 4.69) is 21.3 Å². The van der Waals surface area contributed by atoms with Gasteiger partial charge in [0, 0.05) is 31.1 Å². The van der Waals surface area contributed by atoms with Crippen LogP contribution in [-0.4, -0.2) is 43.1 Å². The molecule has 2 atom stereocenters. The van der Waals surface area contributed by atoms with E-state index in [9.17, 15) is 4.79 Å². The lowest BCUT2D eigenvalue weighted by molar-refractivity contribution is -0.122. The van der Waals surface area contributed by atoms with Gasteiger partial charge in [-0.2, -0.15) is 0 Å².